The second-order valence-corrected chi connectivity index (χ2v) is 4.13. The zero-order chi connectivity index (χ0) is 13.1. The summed E-state index contributed by atoms with van der Waals surface area (Å²) in [5.74, 6) is 0.663. The molecule has 0 saturated carbocycles. The number of aryl methyl sites for hydroxylation is 2. The molecule has 18 heavy (non-hydrogen) atoms. The lowest BCUT2D eigenvalue weighted by atomic mass is 10.0. The van der Waals surface area contributed by atoms with Gasteiger partial charge in [0.05, 0.1) is 18.5 Å². The van der Waals surface area contributed by atoms with Gasteiger partial charge >= 0.3 is 0 Å². The summed E-state index contributed by atoms with van der Waals surface area (Å²) in [7, 11) is 1.83. The molecule has 1 N–H and O–H groups in total. The van der Waals surface area contributed by atoms with Crippen molar-refractivity contribution in [2.45, 2.75) is 20.0 Å². The fourth-order valence-corrected chi connectivity index (χ4v) is 1.90. The Kier molecular flexibility index (Phi) is 3.62. The molecule has 0 aliphatic rings. The van der Waals surface area contributed by atoms with Gasteiger partial charge in [0.1, 0.15) is 11.9 Å². The Labute approximate surface area is 106 Å². The largest absolute Gasteiger partial charge is 0.492 e. The Balaban J connectivity index is 2.30. The minimum Gasteiger partial charge on any atom is -0.492 e. The summed E-state index contributed by atoms with van der Waals surface area (Å²) in [5, 5.41) is 14.6. The third kappa shape index (κ3) is 2.51. The van der Waals surface area contributed by atoms with Crippen LogP contribution < -0.4 is 4.74 Å². The predicted molar refractivity (Wildman–Crippen MR) is 67.4 cm³/mol. The lowest BCUT2D eigenvalue weighted by Gasteiger charge is -2.11. The first-order valence-corrected chi connectivity index (χ1v) is 5.87. The molecule has 2 heterocycles. The van der Waals surface area contributed by atoms with Gasteiger partial charge in [0.2, 0.25) is 0 Å². The Morgan fingerprint density at radius 3 is 2.83 bits per heavy atom. The van der Waals surface area contributed by atoms with E-state index in [4.69, 9.17) is 4.74 Å². The number of ether oxygens (including phenoxy) is 1. The molecule has 0 aromatic carbocycles. The van der Waals surface area contributed by atoms with E-state index in [1.807, 2.05) is 27.1 Å². The summed E-state index contributed by atoms with van der Waals surface area (Å²) in [6, 6.07) is 1.80. The van der Waals surface area contributed by atoms with E-state index in [1.165, 1.54) is 0 Å². The van der Waals surface area contributed by atoms with Crippen LogP contribution in [0.4, 0.5) is 0 Å². The van der Waals surface area contributed by atoms with Crippen LogP contribution >= 0.6 is 0 Å². The maximum absolute atomic E-state index is 10.3. The van der Waals surface area contributed by atoms with E-state index in [9.17, 15) is 5.11 Å². The molecule has 0 spiro atoms. The fourth-order valence-electron chi connectivity index (χ4n) is 1.90. The molecule has 0 aliphatic heterocycles. The van der Waals surface area contributed by atoms with Gasteiger partial charge in [-0.1, -0.05) is 0 Å². The van der Waals surface area contributed by atoms with Crippen molar-refractivity contribution in [2.24, 2.45) is 7.05 Å². The van der Waals surface area contributed by atoms with E-state index < -0.39 is 6.10 Å². The van der Waals surface area contributed by atoms with Crippen molar-refractivity contribution in [3.05, 3.63) is 41.5 Å². The molecule has 2 aromatic heterocycles. The van der Waals surface area contributed by atoms with Gasteiger partial charge in [-0.25, -0.2) is 0 Å². The van der Waals surface area contributed by atoms with Crippen LogP contribution in [0.5, 0.6) is 5.75 Å². The third-order valence-electron chi connectivity index (χ3n) is 2.71. The Morgan fingerprint density at radius 1 is 1.44 bits per heavy atom. The number of aliphatic hydroxyl groups is 1. The van der Waals surface area contributed by atoms with Crippen LogP contribution in [0.15, 0.2) is 24.7 Å². The third-order valence-corrected chi connectivity index (χ3v) is 2.71. The molecule has 0 saturated heterocycles. The van der Waals surface area contributed by atoms with E-state index in [0.29, 0.717) is 17.9 Å². The molecule has 0 aliphatic carbocycles. The molecule has 2 rings (SSSR count). The lowest BCUT2D eigenvalue weighted by Crippen LogP contribution is -2.02. The molecule has 96 valence electrons. The van der Waals surface area contributed by atoms with Gasteiger partial charge in [-0.3, -0.25) is 9.67 Å². The molecule has 0 bridgehead atoms. The minimum atomic E-state index is -0.730. The van der Waals surface area contributed by atoms with Crippen LogP contribution in [-0.4, -0.2) is 26.5 Å². The first-order chi connectivity index (χ1) is 8.61. The van der Waals surface area contributed by atoms with Crippen LogP contribution in [-0.2, 0) is 7.05 Å². The first-order valence-electron chi connectivity index (χ1n) is 5.87. The molecule has 0 radical (unpaired) electrons. The van der Waals surface area contributed by atoms with E-state index in [-0.39, 0.29) is 0 Å². The number of pyridine rings is 1. The van der Waals surface area contributed by atoms with Crippen molar-refractivity contribution in [2.75, 3.05) is 6.61 Å². The van der Waals surface area contributed by atoms with Crippen LogP contribution in [0, 0.1) is 6.92 Å². The van der Waals surface area contributed by atoms with E-state index in [0.717, 1.165) is 11.3 Å². The van der Waals surface area contributed by atoms with Crippen molar-refractivity contribution in [1.82, 2.24) is 14.8 Å². The lowest BCUT2D eigenvalue weighted by molar-refractivity contribution is 0.218. The summed E-state index contributed by atoms with van der Waals surface area (Å²) in [5.41, 5.74) is 2.30. The average molecular weight is 247 g/mol. The minimum absolute atomic E-state index is 0.577. The highest BCUT2D eigenvalue weighted by atomic mass is 16.5. The SMILES string of the molecule is CCOc1cncc(C(O)c2cn(C)nc2C)c1. The molecular formula is C13H17N3O2. The fraction of sp³-hybridized carbons (Fsp3) is 0.385. The molecule has 0 fully saturated rings. The van der Waals surface area contributed by atoms with Crippen molar-refractivity contribution in [3.63, 3.8) is 0 Å². The second-order valence-electron chi connectivity index (χ2n) is 4.13. The smallest absolute Gasteiger partial charge is 0.137 e. The number of aromatic nitrogens is 3. The summed E-state index contributed by atoms with van der Waals surface area (Å²) in [6.45, 7) is 4.36. The van der Waals surface area contributed by atoms with Gasteiger partial charge < -0.3 is 9.84 Å². The number of aliphatic hydroxyl groups excluding tert-OH is 1. The van der Waals surface area contributed by atoms with Gasteiger partial charge in [-0.2, -0.15) is 5.10 Å². The molecule has 2 aromatic rings. The van der Waals surface area contributed by atoms with Crippen molar-refractivity contribution in [1.29, 1.82) is 0 Å². The average Bonchev–Trinajstić information content (AvgIpc) is 2.68. The highest BCUT2D eigenvalue weighted by Crippen LogP contribution is 2.25. The van der Waals surface area contributed by atoms with Crippen molar-refractivity contribution < 1.29 is 9.84 Å². The predicted octanol–water partition coefficient (Wildman–Crippen LogP) is 1.60. The molecule has 1 atom stereocenters. The van der Waals surface area contributed by atoms with Crippen LogP contribution in [0.1, 0.15) is 29.8 Å². The van der Waals surface area contributed by atoms with Gasteiger partial charge in [-0.05, 0) is 19.9 Å². The van der Waals surface area contributed by atoms with Crippen LogP contribution in [0.3, 0.4) is 0 Å². The van der Waals surface area contributed by atoms with Gasteiger partial charge in [0.25, 0.3) is 0 Å². The zero-order valence-corrected chi connectivity index (χ0v) is 10.8. The summed E-state index contributed by atoms with van der Waals surface area (Å²) >= 11 is 0. The standard InChI is InChI=1S/C13H17N3O2/c1-4-18-11-5-10(6-14-7-11)13(17)12-8-16(3)15-9(12)2/h5-8,13,17H,4H2,1-3H3. The zero-order valence-electron chi connectivity index (χ0n) is 10.8. The Hall–Kier alpha value is -1.88. The summed E-state index contributed by atoms with van der Waals surface area (Å²) < 4.78 is 7.06. The summed E-state index contributed by atoms with van der Waals surface area (Å²) in [4.78, 5) is 4.07. The number of hydrogen-bond donors (Lipinski definition) is 1. The van der Waals surface area contributed by atoms with Crippen molar-refractivity contribution >= 4 is 0 Å². The molecule has 0 amide bonds. The van der Waals surface area contributed by atoms with E-state index in [2.05, 4.69) is 10.1 Å². The van der Waals surface area contributed by atoms with E-state index in [1.54, 1.807) is 23.1 Å². The Morgan fingerprint density at radius 2 is 2.22 bits per heavy atom. The van der Waals surface area contributed by atoms with E-state index >= 15 is 0 Å². The molecule has 1 unspecified atom stereocenters. The molecular weight excluding hydrogens is 230 g/mol. The normalized spacial score (nSPS) is 12.4. The number of nitrogens with zero attached hydrogens (tertiary/aromatic N) is 3. The van der Waals surface area contributed by atoms with Gasteiger partial charge in [0, 0.05) is 30.6 Å². The Bertz CT molecular complexity index is 537. The van der Waals surface area contributed by atoms with Gasteiger partial charge in [-0.15, -0.1) is 0 Å². The molecule has 5 heteroatoms. The van der Waals surface area contributed by atoms with Crippen LogP contribution in [0.2, 0.25) is 0 Å². The highest BCUT2D eigenvalue weighted by molar-refractivity contribution is 5.33. The quantitative estimate of drug-likeness (QED) is 0.891. The van der Waals surface area contributed by atoms with Gasteiger partial charge in [0.15, 0.2) is 0 Å². The topological polar surface area (TPSA) is 60.2 Å². The molecule has 5 nitrogen and oxygen atoms in total. The monoisotopic (exact) mass is 247 g/mol. The number of rotatable bonds is 4. The number of hydrogen-bond acceptors (Lipinski definition) is 4. The maximum atomic E-state index is 10.3. The highest BCUT2D eigenvalue weighted by Gasteiger charge is 2.16. The van der Waals surface area contributed by atoms with Crippen molar-refractivity contribution in [3.8, 4) is 5.75 Å². The maximum Gasteiger partial charge on any atom is 0.137 e. The van der Waals surface area contributed by atoms with Crippen LogP contribution in [0.25, 0.3) is 0 Å². The second kappa shape index (κ2) is 5.18. The summed E-state index contributed by atoms with van der Waals surface area (Å²) in [6.07, 6.45) is 4.36. The first kappa shape index (κ1) is 12.6.